The molecule has 118 valence electrons. The van der Waals surface area contributed by atoms with E-state index in [0.29, 0.717) is 0 Å². The summed E-state index contributed by atoms with van der Waals surface area (Å²) in [4.78, 5) is 0. The minimum Gasteiger partial charge on any atom is -0.401 e. The van der Waals surface area contributed by atoms with Crippen LogP contribution in [-0.2, 0) is 9.47 Å². The molecule has 0 aromatic carbocycles. The first kappa shape index (κ1) is 18.7. The first-order valence-electron chi connectivity index (χ1n) is 6.88. The zero-order valence-corrected chi connectivity index (χ0v) is 13.6. The number of nitrogens with one attached hydrogen (secondary N) is 1. The Labute approximate surface area is 121 Å². The van der Waals surface area contributed by atoms with E-state index >= 15 is 0 Å². The third-order valence-electron chi connectivity index (χ3n) is 2.57. The van der Waals surface area contributed by atoms with E-state index in [9.17, 15) is 8.78 Å². The predicted octanol–water partition coefficient (Wildman–Crippen LogP) is 4.77. The van der Waals surface area contributed by atoms with Crippen LogP contribution in [0, 0.1) is 5.92 Å². The fourth-order valence-electron chi connectivity index (χ4n) is 1.30. The molecule has 20 heavy (non-hydrogen) atoms. The van der Waals surface area contributed by atoms with Crippen LogP contribution in [0.5, 0.6) is 0 Å². The number of alkyl halides is 2. The van der Waals surface area contributed by atoms with Crippen molar-refractivity contribution in [2.24, 2.45) is 5.92 Å². The van der Waals surface area contributed by atoms with Crippen molar-refractivity contribution in [3.8, 4) is 0 Å². The van der Waals surface area contributed by atoms with E-state index in [1.54, 1.807) is 0 Å². The molecule has 2 aliphatic heterocycles. The average molecular weight is 291 g/mol. The van der Waals surface area contributed by atoms with Crippen LogP contribution >= 0.6 is 0 Å². The minimum atomic E-state index is -3.44. The Hall–Kier alpha value is -1.26. The van der Waals surface area contributed by atoms with Gasteiger partial charge in [0, 0.05) is 12.2 Å². The lowest BCUT2D eigenvalue weighted by Crippen LogP contribution is -2.16. The standard InChI is InChI=1S/C6H11N.C5H6F2O2.C4H10/c1-5-3-4-7-6(5)2;1-3-4(2)9-5(6,7)8-3;1-4(2)3/h7H,3-4H2,1-2H3;1-2H3;4H,1-3H3. The molecule has 0 amide bonds. The molecule has 2 heterocycles. The molecule has 0 saturated heterocycles. The molecule has 0 spiro atoms. The third kappa shape index (κ3) is 8.02. The second kappa shape index (κ2) is 8.12. The molecule has 3 nitrogen and oxygen atoms in total. The monoisotopic (exact) mass is 291 g/mol. The van der Waals surface area contributed by atoms with Gasteiger partial charge in [0.1, 0.15) is 11.5 Å². The van der Waals surface area contributed by atoms with Gasteiger partial charge < -0.3 is 14.8 Å². The minimum absolute atomic E-state index is 0.139. The number of halogens is 2. The van der Waals surface area contributed by atoms with Gasteiger partial charge in [0.2, 0.25) is 0 Å². The summed E-state index contributed by atoms with van der Waals surface area (Å²) in [5, 5.41) is 3.25. The highest BCUT2D eigenvalue weighted by molar-refractivity contribution is 5.12. The molecule has 0 saturated carbocycles. The van der Waals surface area contributed by atoms with Crippen LogP contribution in [0.3, 0.4) is 0 Å². The third-order valence-corrected chi connectivity index (χ3v) is 2.57. The quantitative estimate of drug-likeness (QED) is 0.697. The van der Waals surface area contributed by atoms with Gasteiger partial charge in [0.15, 0.2) is 0 Å². The smallest absolute Gasteiger partial charge is 0.401 e. The highest BCUT2D eigenvalue weighted by Gasteiger charge is 2.41. The summed E-state index contributed by atoms with van der Waals surface area (Å²) < 4.78 is 31.9. The molecule has 1 N–H and O–H groups in total. The van der Waals surface area contributed by atoms with Crippen LogP contribution in [-0.4, -0.2) is 12.8 Å². The molecule has 0 unspecified atom stereocenters. The van der Waals surface area contributed by atoms with Crippen molar-refractivity contribution in [2.75, 3.05) is 6.54 Å². The second-order valence-corrected chi connectivity index (χ2v) is 5.59. The SMILES string of the molecule is CC(C)C.CC1=C(C)NCC1.CC1=C(C)OC(F)(F)O1. The molecular weight excluding hydrogens is 264 g/mol. The summed E-state index contributed by atoms with van der Waals surface area (Å²) in [6.45, 7) is 14.8. The lowest BCUT2D eigenvalue weighted by Gasteiger charge is -2.06. The summed E-state index contributed by atoms with van der Waals surface area (Å²) in [7, 11) is 0. The maximum Gasteiger partial charge on any atom is 0.585 e. The number of hydrogen-bond acceptors (Lipinski definition) is 3. The average Bonchev–Trinajstić information content (AvgIpc) is 2.71. The van der Waals surface area contributed by atoms with Gasteiger partial charge in [0.05, 0.1) is 0 Å². The summed E-state index contributed by atoms with van der Waals surface area (Å²) in [6.07, 6.45) is -2.19. The normalized spacial score (nSPS) is 19.5. The van der Waals surface area contributed by atoms with Crippen molar-refractivity contribution < 1.29 is 18.3 Å². The highest BCUT2D eigenvalue weighted by Crippen LogP contribution is 2.32. The molecule has 0 atom stereocenters. The number of rotatable bonds is 0. The van der Waals surface area contributed by atoms with E-state index in [-0.39, 0.29) is 11.5 Å². The fraction of sp³-hybridized carbons (Fsp3) is 0.733. The van der Waals surface area contributed by atoms with E-state index in [1.807, 2.05) is 0 Å². The van der Waals surface area contributed by atoms with Crippen molar-refractivity contribution in [1.82, 2.24) is 5.32 Å². The summed E-state index contributed by atoms with van der Waals surface area (Å²) in [6, 6.07) is 0. The molecule has 2 rings (SSSR count). The lowest BCUT2D eigenvalue weighted by molar-refractivity contribution is -0.337. The Balaban J connectivity index is 0.000000293. The molecule has 0 aliphatic carbocycles. The van der Waals surface area contributed by atoms with Crippen LogP contribution in [0.4, 0.5) is 8.78 Å². The summed E-state index contributed by atoms with van der Waals surface area (Å²) >= 11 is 0. The van der Waals surface area contributed by atoms with Gasteiger partial charge in [-0.25, -0.2) is 0 Å². The molecule has 5 heteroatoms. The number of hydrogen-bond donors (Lipinski definition) is 1. The van der Waals surface area contributed by atoms with Gasteiger partial charge in [-0.1, -0.05) is 26.3 Å². The Bertz CT molecular complexity index is 343. The van der Waals surface area contributed by atoms with Crippen LogP contribution in [0.2, 0.25) is 0 Å². The topological polar surface area (TPSA) is 30.5 Å². The van der Waals surface area contributed by atoms with Crippen LogP contribution in [0.15, 0.2) is 22.8 Å². The summed E-state index contributed by atoms with van der Waals surface area (Å²) in [5.41, 5.74) is 2.89. The van der Waals surface area contributed by atoms with Crippen molar-refractivity contribution in [3.05, 3.63) is 22.8 Å². The van der Waals surface area contributed by atoms with E-state index in [1.165, 1.54) is 31.5 Å². The Morgan fingerprint density at radius 2 is 1.40 bits per heavy atom. The first-order chi connectivity index (χ1) is 9.05. The highest BCUT2D eigenvalue weighted by atomic mass is 19.3. The van der Waals surface area contributed by atoms with Crippen molar-refractivity contribution in [3.63, 3.8) is 0 Å². The maximum absolute atomic E-state index is 12.0. The van der Waals surface area contributed by atoms with E-state index in [2.05, 4.69) is 49.4 Å². The van der Waals surface area contributed by atoms with E-state index in [0.717, 1.165) is 12.5 Å². The molecule has 0 fully saturated rings. The van der Waals surface area contributed by atoms with E-state index in [4.69, 9.17) is 0 Å². The van der Waals surface area contributed by atoms with Crippen LogP contribution in [0.25, 0.3) is 0 Å². The number of ether oxygens (including phenoxy) is 2. The zero-order valence-electron chi connectivity index (χ0n) is 13.6. The van der Waals surface area contributed by atoms with Gasteiger partial charge in [-0.2, -0.15) is 0 Å². The number of allylic oxidation sites excluding steroid dienone is 3. The van der Waals surface area contributed by atoms with Crippen molar-refractivity contribution in [2.45, 2.75) is 61.2 Å². The molecular formula is C15H27F2NO2. The summed E-state index contributed by atoms with van der Waals surface area (Å²) in [5.74, 6) is 1.11. The molecule has 0 bridgehead atoms. The molecule has 0 aromatic rings. The molecule has 0 radical (unpaired) electrons. The van der Waals surface area contributed by atoms with Crippen LogP contribution < -0.4 is 5.32 Å². The molecule has 2 aliphatic rings. The first-order valence-corrected chi connectivity index (χ1v) is 6.88. The fourth-order valence-corrected chi connectivity index (χ4v) is 1.30. The Morgan fingerprint density at radius 3 is 1.50 bits per heavy atom. The van der Waals surface area contributed by atoms with Gasteiger partial charge in [-0.15, -0.1) is 8.78 Å². The zero-order chi connectivity index (χ0) is 15.9. The van der Waals surface area contributed by atoms with Crippen molar-refractivity contribution in [1.29, 1.82) is 0 Å². The van der Waals surface area contributed by atoms with Crippen molar-refractivity contribution >= 4 is 0 Å². The van der Waals surface area contributed by atoms with Gasteiger partial charge in [-0.3, -0.25) is 0 Å². The van der Waals surface area contributed by atoms with Gasteiger partial charge >= 0.3 is 6.29 Å². The van der Waals surface area contributed by atoms with Gasteiger partial charge in [-0.05, 0) is 40.0 Å². The van der Waals surface area contributed by atoms with Crippen LogP contribution in [0.1, 0.15) is 54.9 Å². The van der Waals surface area contributed by atoms with E-state index < -0.39 is 6.29 Å². The van der Waals surface area contributed by atoms with Gasteiger partial charge in [0.25, 0.3) is 0 Å². The Morgan fingerprint density at radius 1 is 1.00 bits per heavy atom. The Kier molecular flexibility index (Phi) is 7.61. The largest absolute Gasteiger partial charge is 0.585 e. The second-order valence-electron chi connectivity index (χ2n) is 5.59. The predicted molar refractivity (Wildman–Crippen MR) is 77.0 cm³/mol. The lowest BCUT2D eigenvalue weighted by atomic mass is 10.2. The maximum atomic E-state index is 12.0. The molecule has 0 aromatic heterocycles.